The Balaban J connectivity index is 3.09. The van der Waals surface area contributed by atoms with Crippen LogP contribution in [0.25, 0.3) is 0 Å². The van der Waals surface area contributed by atoms with Crippen molar-refractivity contribution in [1.29, 1.82) is 0 Å². The van der Waals surface area contributed by atoms with E-state index >= 15 is 0 Å². The zero-order valence-electron chi connectivity index (χ0n) is 9.69. The smallest absolute Gasteiger partial charge is 0.366 e. The normalized spacial score (nSPS) is 13.8. The average Bonchev–Trinajstić information content (AvgIpc) is 2.62. The van der Waals surface area contributed by atoms with Gasteiger partial charge in [0.2, 0.25) is 0 Å². The fourth-order valence-electron chi connectivity index (χ4n) is 1.37. The summed E-state index contributed by atoms with van der Waals surface area (Å²) in [5, 5.41) is 6.19. The second-order valence-electron chi connectivity index (χ2n) is 3.94. The first-order valence-corrected chi connectivity index (χ1v) is 8.28. The van der Waals surface area contributed by atoms with E-state index in [2.05, 4.69) is 4.98 Å². The first-order chi connectivity index (χ1) is 8.51. The van der Waals surface area contributed by atoms with Gasteiger partial charge >= 0.3 is 15.2 Å². The first-order valence-electron chi connectivity index (χ1n) is 5.05. The third-order valence-corrected chi connectivity index (χ3v) is 6.13. The van der Waals surface area contributed by atoms with Crippen LogP contribution >= 0.6 is 15.2 Å². The highest BCUT2D eigenvalue weighted by Crippen LogP contribution is 2.67. The van der Waals surface area contributed by atoms with E-state index in [-0.39, 0.29) is 6.54 Å². The van der Waals surface area contributed by atoms with E-state index in [1.807, 2.05) is 0 Å². The fourth-order valence-corrected chi connectivity index (χ4v) is 3.42. The fraction of sp³-hybridized carbons (Fsp3) is 0.571. The zero-order chi connectivity index (χ0) is 14.9. The van der Waals surface area contributed by atoms with Gasteiger partial charge in [0.15, 0.2) is 0 Å². The Bertz CT molecular complexity index is 511. The lowest BCUT2D eigenvalue weighted by Gasteiger charge is -2.29. The number of hydrogen-bond acceptors (Lipinski definition) is 5. The van der Waals surface area contributed by atoms with Crippen LogP contribution in [0.3, 0.4) is 0 Å². The molecule has 10 nitrogen and oxygen atoms in total. The monoisotopic (exact) mass is 315 g/mol. The van der Waals surface area contributed by atoms with Crippen molar-refractivity contribution in [2.45, 2.75) is 18.0 Å². The summed E-state index contributed by atoms with van der Waals surface area (Å²) in [6.07, 6.45) is 2.78. The van der Waals surface area contributed by atoms with Crippen molar-refractivity contribution >= 4 is 15.2 Å². The van der Waals surface area contributed by atoms with Gasteiger partial charge in [-0.05, 0) is 6.54 Å². The van der Waals surface area contributed by atoms with E-state index < -0.39 is 26.8 Å². The van der Waals surface area contributed by atoms with Gasteiger partial charge in [-0.3, -0.25) is 9.13 Å². The number of hydrogen-bond donors (Lipinski definition) is 6. The molecule has 0 saturated carbocycles. The summed E-state index contributed by atoms with van der Waals surface area (Å²) in [6.45, 7) is -0.697. The van der Waals surface area contributed by atoms with E-state index in [1.54, 1.807) is 0 Å². The molecule has 12 heteroatoms. The molecule has 19 heavy (non-hydrogen) atoms. The van der Waals surface area contributed by atoms with Crippen molar-refractivity contribution in [3.63, 3.8) is 0 Å². The SMILES string of the molecule is NCCc1cn(CC(O)(P(=O)(O)O)P(=O)(O)O)cn1. The lowest BCUT2D eigenvalue weighted by molar-refractivity contribution is 0.115. The van der Waals surface area contributed by atoms with Gasteiger partial charge in [0, 0.05) is 12.6 Å². The van der Waals surface area contributed by atoms with E-state index in [4.69, 9.17) is 25.3 Å². The molecule has 0 radical (unpaired) electrons. The number of aromatic nitrogens is 2. The highest BCUT2D eigenvalue weighted by molar-refractivity contribution is 7.72. The molecule has 0 fully saturated rings. The Morgan fingerprint density at radius 3 is 2.21 bits per heavy atom. The molecular formula is C7H15N3O7P2. The Morgan fingerprint density at radius 1 is 1.26 bits per heavy atom. The zero-order valence-corrected chi connectivity index (χ0v) is 11.5. The van der Waals surface area contributed by atoms with Crippen LogP contribution in [-0.4, -0.2) is 45.9 Å². The Kier molecular flexibility index (Phi) is 4.71. The Hall–Kier alpha value is -0.570. The summed E-state index contributed by atoms with van der Waals surface area (Å²) in [6, 6.07) is 0. The Morgan fingerprint density at radius 2 is 1.79 bits per heavy atom. The van der Waals surface area contributed by atoms with Gasteiger partial charge < -0.3 is 35.0 Å². The van der Waals surface area contributed by atoms with E-state index in [9.17, 15) is 14.2 Å². The molecule has 1 rings (SSSR count). The van der Waals surface area contributed by atoms with Crippen LogP contribution in [0.5, 0.6) is 0 Å². The minimum absolute atomic E-state index is 0.290. The molecule has 0 aliphatic rings. The molecule has 110 valence electrons. The van der Waals surface area contributed by atoms with Gasteiger partial charge in [0.1, 0.15) is 0 Å². The van der Waals surface area contributed by atoms with Gasteiger partial charge in [-0.2, -0.15) is 0 Å². The molecule has 1 aromatic rings. The highest BCUT2D eigenvalue weighted by Gasteiger charge is 2.59. The largest absolute Gasteiger partial charge is 0.371 e. The van der Waals surface area contributed by atoms with Crippen LogP contribution in [-0.2, 0) is 22.1 Å². The quantitative estimate of drug-likeness (QED) is 0.336. The topological polar surface area (TPSA) is 179 Å². The van der Waals surface area contributed by atoms with Gasteiger partial charge in [-0.15, -0.1) is 0 Å². The van der Waals surface area contributed by atoms with Crippen LogP contribution in [0.4, 0.5) is 0 Å². The maximum atomic E-state index is 11.1. The molecule has 0 saturated heterocycles. The lowest BCUT2D eigenvalue weighted by atomic mass is 10.3. The number of aliphatic hydroxyl groups is 1. The van der Waals surface area contributed by atoms with Crippen molar-refractivity contribution in [2.75, 3.05) is 6.54 Å². The molecule has 0 unspecified atom stereocenters. The van der Waals surface area contributed by atoms with Crippen molar-refractivity contribution in [3.8, 4) is 0 Å². The molecule has 0 aliphatic carbocycles. The van der Waals surface area contributed by atoms with Crippen molar-refractivity contribution in [2.24, 2.45) is 5.73 Å². The van der Waals surface area contributed by atoms with Gasteiger partial charge in [0.05, 0.1) is 18.6 Å². The molecule has 1 aromatic heterocycles. The van der Waals surface area contributed by atoms with Crippen molar-refractivity contribution in [3.05, 3.63) is 18.2 Å². The average molecular weight is 315 g/mol. The molecule has 7 N–H and O–H groups in total. The molecule has 0 aromatic carbocycles. The van der Waals surface area contributed by atoms with Gasteiger partial charge in [-0.1, -0.05) is 0 Å². The van der Waals surface area contributed by atoms with Crippen LogP contribution < -0.4 is 5.73 Å². The molecule has 1 heterocycles. The lowest BCUT2D eigenvalue weighted by Crippen LogP contribution is -2.33. The maximum absolute atomic E-state index is 11.1. The van der Waals surface area contributed by atoms with Crippen LogP contribution in [0.15, 0.2) is 12.5 Å². The van der Waals surface area contributed by atoms with Gasteiger partial charge in [0.25, 0.3) is 5.08 Å². The molecule has 0 bridgehead atoms. The minimum atomic E-state index is -5.46. The van der Waals surface area contributed by atoms with E-state index in [0.29, 0.717) is 12.1 Å². The molecule has 0 aliphatic heterocycles. The van der Waals surface area contributed by atoms with Crippen LogP contribution in [0.2, 0.25) is 0 Å². The van der Waals surface area contributed by atoms with E-state index in [1.165, 1.54) is 6.20 Å². The summed E-state index contributed by atoms with van der Waals surface area (Å²) >= 11 is 0. The van der Waals surface area contributed by atoms with Gasteiger partial charge in [-0.25, -0.2) is 4.98 Å². The molecule has 0 spiro atoms. The molecular weight excluding hydrogens is 300 g/mol. The standard InChI is InChI=1S/C7H15N3O7P2/c8-2-1-6-3-10(5-9-6)4-7(11,18(12,13)14)19(15,16)17/h3,5,11H,1-2,4,8H2,(H2,12,13,14)(H2,15,16,17). The third-order valence-electron chi connectivity index (χ3n) is 2.41. The van der Waals surface area contributed by atoms with Crippen LogP contribution in [0.1, 0.15) is 5.69 Å². The second kappa shape index (κ2) is 5.43. The summed E-state index contributed by atoms with van der Waals surface area (Å²) in [4.78, 5) is 39.7. The molecule has 0 amide bonds. The number of rotatable bonds is 6. The predicted molar refractivity (Wildman–Crippen MR) is 64.0 cm³/mol. The number of nitrogens with zero attached hydrogens (tertiary/aromatic N) is 2. The van der Waals surface area contributed by atoms with E-state index in [0.717, 1.165) is 10.9 Å². The number of nitrogens with two attached hydrogens (primary N) is 1. The summed E-state index contributed by atoms with van der Waals surface area (Å²) in [7, 11) is -10.9. The van der Waals surface area contributed by atoms with Crippen LogP contribution in [0, 0.1) is 0 Å². The van der Waals surface area contributed by atoms with Crippen molar-refractivity contribution < 1.29 is 33.8 Å². The Labute approximate surface area is 108 Å². The molecule has 0 atom stereocenters. The highest BCUT2D eigenvalue weighted by atomic mass is 31.2. The number of imidazole rings is 1. The summed E-state index contributed by atoms with van der Waals surface area (Å²) in [5.41, 5.74) is 5.76. The summed E-state index contributed by atoms with van der Waals surface area (Å²) in [5.74, 6) is 0. The first kappa shape index (κ1) is 16.5. The minimum Gasteiger partial charge on any atom is -0.366 e. The van der Waals surface area contributed by atoms with Crippen molar-refractivity contribution in [1.82, 2.24) is 9.55 Å². The third kappa shape index (κ3) is 3.50. The predicted octanol–water partition coefficient (Wildman–Crippen LogP) is -1.61. The summed E-state index contributed by atoms with van der Waals surface area (Å²) < 4.78 is 23.3. The second-order valence-corrected chi connectivity index (χ2v) is 7.95. The maximum Gasteiger partial charge on any atom is 0.371 e.